The van der Waals surface area contributed by atoms with E-state index < -0.39 is 5.82 Å². The Morgan fingerprint density at radius 3 is 2.85 bits per heavy atom. The van der Waals surface area contributed by atoms with Crippen molar-refractivity contribution in [3.8, 4) is 0 Å². The molecule has 0 spiro atoms. The molecular weight excluding hydrogens is 302 g/mol. The minimum atomic E-state index is -0.428. The molecule has 6 heteroatoms. The summed E-state index contributed by atoms with van der Waals surface area (Å²) in [6.45, 7) is 3.29. The van der Waals surface area contributed by atoms with Crippen LogP contribution in [0.1, 0.15) is 18.9 Å². The molecule has 2 N–H and O–H groups in total. The molecule has 2 atom stereocenters. The molecule has 0 saturated carbocycles. The number of rotatable bonds is 2. The van der Waals surface area contributed by atoms with E-state index in [9.17, 15) is 9.18 Å². The van der Waals surface area contributed by atoms with Gasteiger partial charge in [-0.15, -0.1) is 12.4 Å². The van der Waals surface area contributed by atoms with Gasteiger partial charge in [0, 0.05) is 29.7 Å². The van der Waals surface area contributed by atoms with Crippen molar-refractivity contribution >= 4 is 29.9 Å². The first-order chi connectivity index (χ1) is 8.99. The number of amides is 1. The lowest BCUT2D eigenvalue weighted by molar-refractivity contribution is -0.132. The van der Waals surface area contributed by atoms with Gasteiger partial charge in [0.25, 0.3) is 0 Å². The maximum absolute atomic E-state index is 13.6. The molecule has 1 aliphatic heterocycles. The molecule has 2 rings (SSSR count). The van der Waals surface area contributed by atoms with Crippen molar-refractivity contribution in [2.24, 2.45) is 11.7 Å². The second-order valence-electron chi connectivity index (χ2n) is 5.15. The summed E-state index contributed by atoms with van der Waals surface area (Å²) in [6.07, 6.45) is 0.797. The van der Waals surface area contributed by atoms with Crippen LogP contribution in [0.15, 0.2) is 18.2 Å². The molecular formula is C14H19Cl2FN2O. The fraction of sp³-hybridized carbons (Fsp3) is 0.500. The highest BCUT2D eigenvalue weighted by molar-refractivity contribution is 6.31. The van der Waals surface area contributed by atoms with E-state index in [2.05, 4.69) is 0 Å². The van der Waals surface area contributed by atoms with Crippen molar-refractivity contribution in [1.82, 2.24) is 4.90 Å². The van der Waals surface area contributed by atoms with Gasteiger partial charge in [0.1, 0.15) is 5.82 Å². The van der Waals surface area contributed by atoms with Gasteiger partial charge >= 0.3 is 0 Å². The van der Waals surface area contributed by atoms with E-state index in [0.717, 1.165) is 6.42 Å². The third-order valence-electron chi connectivity index (χ3n) is 3.71. The molecule has 1 saturated heterocycles. The highest BCUT2D eigenvalue weighted by Crippen LogP contribution is 2.22. The topological polar surface area (TPSA) is 46.3 Å². The Labute approximate surface area is 129 Å². The van der Waals surface area contributed by atoms with Crippen molar-refractivity contribution in [3.63, 3.8) is 0 Å². The molecule has 0 bridgehead atoms. The van der Waals surface area contributed by atoms with Gasteiger partial charge in [-0.25, -0.2) is 4.39 Å². The summed E-state index contributed by atoms with van der Waals surface area (Å²) in [6, 6.07) is 4.60. The number of piperidine rings is 1. The molecule has 1 amide bonds. The second-order valence-corrected chi connectivity index (χ2v) is 5.55. The van der Waals surface area contributed by atoms with E-state index >= 15 is 0 Å². The normalized spacial score (nSPS) is 22.3. The second kappa shape index (κ2) is 7.25. The lowest BCUT2D eigenvalue weighted by Crippen LogP contribution is -2.48. The lowest BCUT2D eigenvalue weighted by Gasteiger charge is -2.35. The zero-order valence-electron chi connectivity index (χ0n) is 11.3. The van der Waals surface area contributed by atoms with E-state index in [-0.39, 0.29) is 42.3 Å². The zero-order chi connectivity index (χ0) is 14.0. The number of nitrogens with zero attached hydrogens (tertiary/aromatic N) is 1. The Balaban J connectivity index is 0.00000200. The first-order valence-electron chi connectivity index (χ1n) is 6.45. The van der Waals surface area contributed by atoms with Crippen molar-refractivity contribution in [2.45, 2.75) is 25.8 Å². The highest BCUT2D eigenvalue weighted by Gasteiger charge is 2.26. The Bertz CT molecular complexity index is 464. The Morgan fingerprint density at radius 2 is 2.25 bits per heavy atom. The van der Waals surface area contributed by atoms with Crippen molar-refractivity contribution < 1.29 is 9.18 Å². The third kappa shape index (κ3) is 3.84. The first kappa shape index (κ1) is 17.2. The summed E-state index contributed by atoms with van der Waals surface area (Å²) in [5.74, 6) is -0.248. The van der Waals surface area contributed by atoms with Gasteiger partial charge in [-0.05, 0) is 24.5 Å². The monoisotopic (exact) mass is 320 g/mol. The average Bonchev–Trinajstić information content (AvgIpc) is 2.37. The van der Waals surface area contributed by atoms with Gasteiger partial charge in [-0.3, -0.25) is 4.79 Å². The molecule has 1 aromatic carbocycles. The van der Waals surface area contributed by atoms with Crippen LogP contribution < -0.4 is 5.73 Å². The van der Waals surface area contributed by atoms with Gasteiger partial charge in [0.05, 0.1) is 6.42 Å². The number of benzene rings is 1. The quantitative estimate of drug-likeness (QED) is 0.910. The average molecular weight is 321 g/mol. The van der Waals surface area contributed by atoms with Crippen molar-refractivity contribution in [2.75, 3.05) is 13.1 Å². The van der Waals surface area contributed by atoms with Crippen LogP contribution in [-0.2, 0) is 11.2 Å². The van der Waals surface area contributed by atoms with Gasteiger partial charge in [-0.2, -0.15) is 0 Å². The predicted octanol–water partition coefficient (Wildman–Crippen LogP) is 2.64. The molecule has 1 fully saturated rings. The zero-order valence-corrected chi connectivity index (χ0v) is 12.9. The van der Waals surface area contributed by atoms with E-state index in [1.54, 1.807) is 11.0 Å². The Kier molecular flexibility index (Phi) is 6.24. The minimum Gasteiger partial charge on any atom is -0.342 e. The fourth-order valence-electron chi connectivity index (χ4n) is 2.35. The molecule has 0 aromatic heterocycles. The van der Waals surface area contributed by atoms with Crippen LogP contribution in [-0.4, -0.2) is 29.9 Å². The largest absolute Gasteiger partial charge is 0.342 e. The van der Waals surface area contributed by atoms with E-state index in [1.165, 1.54) is 12.1 Å². The smallest absolute Gasteiger partial charge is 0.227 e. The van der Waals surface area contributed by atoms with Crippen molar-refractivity contribution in [3.05, 3.63) is 34.6 Å². The Morgan fingerprint density at radius 1 is 1.55 bits per heavy atom. The summed E-state index contributed by atoms with van der Waals surface area (Å²) in [4.78, 5) is 13.9. The predicted molar refractivity (Wildman–Crippen MR) is 80.7 cm³/mol. The number of hydrogen-bond acceptors (Lipinski definition) is 2. The lowest BCUT2D eigenvalue weighted by atomic mass is 9.94. The molecule has 1 heterocycles. The van der Waals surface area contributed by atoms with Gasteiger partial charge < -0.3 is 10.6 Å². The van der Waals surface area contributed by atoms with Crippen LogP contribution in [0.3, 0.4) is 0 Å². The molecule has 3 nitrogen and oxygen atoms in total. The van der Waals surface area contributed by atoms with E-state index in [1.807, 2.05) is 6.92 Å². The third-order valence-corrected chi connectivity index (χ3v) is 4.07. The number of likely N-dealkylation sites (tertiary alicyclic amines) is 1. The summed E-state index contributed by atoms with van der Waals surface area (Å²) < 4.78 is 13.6. The summed E-state index contributed by atoms with van der Waals surface area (Å²) in [5.41, 5.74) is 6.20. The number of hydrogen-bond donors (Lipinski definition) is 1. The number of nitrogens with two attached hydrogens (primary N) is 1. The molecule has 1 aliphatic rings. The fourth-order valence-corrected chi connectivity index (χ4v) is 2.58. The molecule has 1 aromatic rings. The molecule has 112 valence electrons. The first-order valence-corrected chi connectivity index (χ1v) is 6.83. The van der Waals surface area contributed by atoms with Crippen LogP contribution in [0, 0.1) is 11.7 Å². The van der Waals surface area contributed by atoms with Crippen LogP contribution in [0.4, 0.5) is 4.39 Å². The number of halogens is 3. The van der Waals surface area contributed by atoms with Gasteiger partial charge in [0.15, 0.2) is 0 Å². The standard InChI is InChI=1S/C14H18ClFN2O.ClH/c1-9-8-18(6-5-13(9)17)14(19)7-10-11(15)3-2-4-12(10)16;/h2-4,9,13H,5-8,17H2,1H3;1H. The minimum absolute atomic E-state index is 0. The summed E-state index contributed by atoms with van der Waals surface area (Å²) >= 11 is 5.93. The van der Waals surface area contributed by atoms with Gasteiger partial charge in [0.2, 0.25) is 5.91 Å². The van der Waals surface area contributed by atoms with Crippen LogP contribution in [0.25, 0.3) is 0 Å². The number of carbonyl (C=O) groups excluding carboxylic acids is 1. The highest BCUT2D eigenvalue weighted by atomic mass is 35.5. The van der Waals surface area contributed by atoms with Crippen LogP contribution in [0.5, 0.6) is 0 Å². The summed E-state index contributed by atoms with van der Waals surface area (Å²) in [7, 11) is 0. The van der Waals surface area contributed by atoms with Gasteiger partial charge in [-0.1, -0.05) is 24.6 Å². The Hall–Kier alpha value is -0.840. The summed E-state index contributed by atoms with van der Waals surface area (Å²) in [5, 5.41) is 0.301. The molecule has 20 heavy (non-hydrogen) atoms. The van der Waals surface area contributed by atoms with Crippen LogP contribution in [0.2, 0.25) is 5.02 Å². The van der Waals surface area contributed by atoms with E-state index in [0.29, 0.717) is 18.1 Å². The molecule has 2 unspecified atom stereocenters. The van der Waals surface area contributed by atoms with Crippen molar-refractivity contribution in [1.29, 1.82) is 0 Å². The maximum Gasteiger partial charge on any atom is 0.227 e. The molecule has 0 radical (unpaired) electrons. The SMILES string of the molecule is CC1CN(C(=O)Cc2c(F)cccc2Cl)CCC1N.Cl. The van der Waals surface area contributed by atoms with Crippen LogP contribution >= 0.6 is 24.0 Å². The maximum atomic E-state index is 13.6. The number of carbonyl (C=O) groups is 1. The molecule has 0 aliphatic carbocycles. The van der Waals surface area contributed by atoms with E-state index in [4.69, 9.17) is 17.3 Å².